The van der Waals surface area contributed by atoms with E-state index in [-0.39, 0.29) is 24.9 Å². The summed E-state index contributed by atoms with van der Waals surface area (Å²) in [5, 5.41) is 21.7. The molecule has 1 aromatic carbocycles. The molecule has 0 aromatic heterocycles. The Labute approximate surface area is 153 Å². The quantitative estimate of drug-likeness (QED) is 0.531. The Bertz CT molecular complexity index is 551. The number of nitrogens with zero attached hydrogens (tertiary/aromatic N) is 1. The van der Waals surface area contributed by atoms with Crippen LogP contribution in [-0.4, -0.2) is 65.2 Å². The number of benzene rings is 1. The molecule has 2 amide bonds. The topological polar surface area (TPSA) is 89.9 Å². The Balaban J connectivity index is 2.50. The zero-order valence-electron chi connectivity index (χ0n) is 14.7. The normalized spacial score (nSPS) is 12.5. The summed E-state index contributed by atoms with van der Waals surface area (Å²) in [6.07, 6.45) is -0.628. The van der Waals surface area contributed by atoms with Gasteiger partial charge in [0.1, 0.15) is 12.0 Å². The van der Waals surface area contributed by atoms with Gasteiger partial charge in [-0.2, -0.15) is 0 Å². The van der Waals surface area contributed by atoms with Gasteiger partial charge in [-0.3, -0.25) is 9.59 Å². The highest BCUT2D eigenvalue weighted by molar-refractivity contribution is 6.27. The van der Waals surface area contributed by atoms with Crippen LogP contribution in [0, 0.1) is 5.41 Å². The maximum absolute atomic E-state index is 11.9. The van der Waals surface area contributed by atoms with Crippen LogP contribution < -0.4 is 5.32 Å². The predicted molar refractivity (Wildman–Crippen MR) is 97.3 cm³/mol. The van der Waals surface area contributed by atoms with Gasteiger partial charge in [0.05, 0.1) is 6.61 Å². The van der Waals surface area contributed by atoms with Crippen LogP contribution in [0.5, 0.6) is 0 Å². The molecule has 0 spiro atoms. The molecule has 1 atom stereocenters. The van der Waals surface area contributed by atoms with E-state index in [1.165, 1.54) is 0 Å². The van der Waals surface area contributed by atoms with Gasteiger partial charge in [-0.05, 0) is 12.0 Å². The Morgan fingerprint density at radius 2 is 1.88 bits per heavy atom. The Morgan fingerprint density at radius 1 is 1.24 bits per heavy atom. The molecule has 25 heavy (non-hydrogen) atoms. The second-order valence-corrected chi connectivity index (χ2v) is 6.86. The van der Waals surface area contributed by atoms with Gasteiger partial charge in [0, 0.05) is 25.0 Å². The minimum atomic E-state index is -1.32. The van der Waals surface area contributed by atoms with Gasteiger partial charge in [0.2, 0.25) is 11.8 Å². The van der Waals surface area contributed by atoms with E-state index in [4.69, 9.17) is 11.6 Å². The fourth-order valence-electron chi connectivity index (χ4n) is 2.21. The zero-order valence-corrected chi connectivity index (χ0v) is 15.5. The number of aliphatic hydroxyl groups excluding tert-OH is 2. The second kappa shape index (κ2) is 10.4. The number of nitrogens with one attached hydrogen (secondary N) is 1. The number of aliphatic hydroxyl groups is 2. The molecular formula is C18H27ClN2O4. The van der Waals surface area contributed by atoms with Crippen LogP contribution in [0.25, 0.3) is 0 Å². The summed E-state index contributed by atoms with van der Waals surface area (Å²) in [5.74, 6) is -0.897. The standard InChI is InChI=1S/C18H27ClN2O4/c1-18(2,13-22)16(24)17(25)20-9-11-21(15(23)12-19)10-8-14-6-4-3-5-7-14/h3-7,16,22,24H,8-13H2,1-2H3,(H,20,25)/t16-/m0/s1. The average Bonchev–Trinajstić information content (AvgIpc) is 2.63. The summed E-state index contributed by atoms with van der Waals surface area (Å²) < 4.78 is 0. The van der Waals surface area contributed by atoms with Crippen molar-refractivity contribution >= 4 is 23.4 Å². The molecule has 0 saturated carbocycles. The lowest BCUT2D eigenvalue weighted by molar-refractivity contribution is -0.137. The van der Waals surface area contributed by atoms with Crippen molar-refractivity contribution in [2.45, 2.75) is 26.4 Å². The molecule has 0 bridgehead atoms. The van der Waals surface area contributed by atoms with Crippen LogP contribution in [0.15, 0.2) is 30.3 Å². The van der Waals surface area contributed by atoms with Crippen LogP contribution in [0.3, 0.4) is 0 Å². The number of halogens is 1. The lowest BCUT2D eigenvalue weighted by atomic mass is 9.87. The van der Waals surface area contributed by atoms with Crippen LogP contribution in [-0.2, 0) is 16.0 Å². The van der Waals surface area contributed by atoms with Crippen LogP contribution in [0.4, 0.5) is 0 Å². The second-order valence-electron chi connectivity index (χ2n) is 6.59. The molecule has 1 aromatic rings. The van der Waals surface area contributed by atoms with E-state index in [2.05, 4.69) is 5.32 Å². The number of amides is 2. The summed E-state index contributed by atoms with van der Waals surface area (Å²) in [6.45, 7) is 3.89. The average molecular weight is 371 g/mol. The third kappa shape index (κ3) is 7.02. The van der Waals surface area contributed by atoms with Crippen LogP contribution in [0.1, 0.15) is 19.4 Å². The summed E-state index contributed by atoms with van der Waals surface area (Å²) in [4.78, 5) is 25.5. The number of hydrogen-bond acceptors (Lipinski definition) is 4. The van der Waals surface area contributed by atoms with Gasteiger partial charge in [0.25, 0.3) is 0 Å². The molecule has 0 unspecified atom stereocenters. The molecule has 7 heteroatoms. The van der Waals surface area contributed by atoms with Crippen molar-refractivity contribution in [2.75, 3.05) is 32.1 Å². The first-order chi connectivity index (χ1) is 11.8. The van der Waals surface area contributed by atoms with Crippen molar-refractivity contribution in [1.82, 2.24) is 10.2 Å². The van der Waals surface area contributed by atoms with Gasteiger partial charge in [-0.25, -0.2) is 0 Å². The maximum atomic E-state index is 11.9. The number of carbonyl (C=O) groups excluding carboxylic acids is 2. The predicted octanol–water partition coefficient (Wildman–Crippen LogP) is 0.792. The number of carbonyl (C=O) groups is 2. The molecule has 0 radical (unpaired) electrons. The number of alkyl halides is 1. The highest BCUT2D eigenvalue weighted by Crippen LogP contribution is 2.19. The van der Waals surface area contributed by atoms with Crippen molar-refractivity contribution in [3.05, 3.63) is 35.9 Å². The molecular weight excluding hydrogens is 344 g/mol. The summed E-state index contributed by atoms with van der Waals surface area (Å²) in [5.41, 5.74) is 0.183. The molecule has 0 saturated heterocycles. The number of rotatable bonds is 10. The van der Waals surface area contributed by atoms with Gasteiger partial charge < -0.3 is 20.4 Å². The largest absolute Gasteiger partial charge is 0.396 e. The van der Waals surface area contributed by atoms with E-state index in [0.29, 0.717) is 19.5 Å². The minimum Gasteiger partial charge on any atom is -0.396 e. The van der Waals surface area contributed by atoms with Crippen LogP contribution in [0.2, 0.25) is 0 Å². The fourth-order valence-corrected chi connectivity index (χ4v) is 2.38. The van der Waals surface area contributed by atoms with E-state index in [9.17, 15) is 19.8 Å². The minimum absolute atomic E-state index is 0.122. The van der Waals surface area contributed by atoms with Crippen molar-refractivity contribution in [2.24, 2.45) is 5.41 Å². The molecule has 0 heterocycles. The third-order valence-electron chi connectivity index (χ3n) is 4.06. The Morgan fingerprint density at radius 3 is 2.44 bits per heavy atom. The summed E-state index contributed by atoms with van der Waals surface area (Å²) in [6, 6.07) is 9.78. The zero-order chi connectivity index (χ0) is 18.9. The summed E-state index contributed by atoms with van der Waals surface area (Å²) >= 11 is 5.65. The van der Waals surface area contributed by atoms with E-state index in [0.717, 1.165) is 5.56 Å². The van der Waals surface area contributed by atoms with E-state index < -0.39 is 17.4 Å². The summed E-state index contributed by atoms with van der Waals surface area (Å²) in [7, 11) is 0. The molecule has 3 N–H and O–H groups in total. The first-order valence-electron chi connectivity index (χ1n) is 8.26. The van der Waals surface area contributed by atoms with Gasteiger partial charge in [-0.15, -0.1) is 11.6 Å². The van der Waals surface area contributed by atoms with Crippen LogP contribution >= 0.6 is 11.6 Å². The fraction of sp³-hybridized carbons (Fsp3) is 0.556. The third-order valence-corrected chi connectivity index (χ3v) is 4.29. The smallest absolute Gasteiger partial charge is 0.249 e. The SMILES string of the molecule is CC(C)(CO)[C@@H](O)C(=O)NCCN(CCc1ccccc1)C(=O)CCl. The molecule has 0 aliphatic carbocycles. The lowest BCUT2D eigenvalue weighted by Gasteiger charge is -2.28. The van der Waals surface area contributed by atoms with Gasteiger partial charge >= 0.3 is 0 Å². The first-order valence-corrected chi connectivity index (χ1v) is 8.79. The highest BCUT2D eigenvalue weighted by Gasteiger charge is 2.32. The molecule has 1 rings (SSSR count). The Hall–Kier alpha value is -1.63. The maximum Gasteiger partial charge on any atom is 0.249 e. The van der Waals surface area contributed by atoms with Crippen molar-refractivity contribution in [3.63, 3.8) is 0 Å². The number of hydrogen-bond donors (Lipinski definition) is 3. The monoisotopic (exact) mass is 370 g/mol. The lowest BCUT2D eigenvalue weighted by Crippen LogP contribution is -2.48. The Kier molecular flexibility index (Phi) is 8.89. The molecule has 6 nitrogen and oxygen atoms in total. The van der Waals surface area contributed by atoms with Gasteiger partial charge in [0.15, 0.2) is 0 Å². The van der Waals surface area contributed by atoms with Gasteiger partial charge in [-0.1, -0.05) is 44.2 Å². The van der Waals surface area contributed by atoms with Crippen molar-refractivity contribution in [3.8, 4) is 0 Å². The first kappa shape index (κ1) is 21.4. The van der Waals surface area contributed by atoms with E-state index in [1.807, 2.05) is 30.3 Å². The van der Waals surface area contributed by atoms with E-state index in [1.54, 1.807) is 18.7 Å². The highest BCUT2D eigenvalue weighted by atomic mass is 35.5. The molecule has 140 valence electrons. The van der Waals surface area contributed by atoms with E-state index >= 15 is 0 Å². The molecule has 0 fully saturated rings. The van der Waals surface area contributed by atoms with Crippen molar-refractivity contribution < 1.29 is 19.8 Å². The molecule has 0 aliphatic heterocycles. The molecule has 0 aliphatic rings. The van der Waals surface area contributed by atoms with Crippen molar-refractivity contribution in [1.29, 1.82) is 0 Å².